The third kappa shape index (κ3) is 6.24. The fourth-order valence-corrected chi connectivity index (χ4v) is 15.3. The van der Waals surface area contributed by atoms with Crippen molar-refractivity contribution in [3.05, 3.63) is 229 Å². The molecule has 0 fully saturated rings. The molecule has 0 aliphatic carbocycles. The molecular weight excluding hydrogens is 609 g/mol. The molecule has 0 saturated heterocycles. The monoisotopic (exact) mass is 646 g/mol. The molecule has 0 bridgehead atoms. The smallest absolute Gasteiger partial charge is 0.0812 e. The van der Waals surface area contributed by atoms with Gasteiger partial charge >= 0.3 is 0 Å². The minimum atomic E-state index is -2.46. The molecule has 0 atom stereocenters. The molecule has 0 nitrogen and oxygen atoms in total. The van der Waals surface area contributed by atoms with Crippen molar-refractivity contribution >= 4 is 59.4 Å². The third-order valence-electron chi connectivity index (χ3n) is 9.36. The molecule has 48 heavy (non-hydrogen) atoms. The van der Waals surface area contributed by atoms with E-state index in [4.69, 9.17) is 0 Å². The van der Waals surface area contributed by atoms with Crippen LogP contribution in [0.4, 0.5) is 0 Å². The Labute approximate surface area is 287 Å². The predicted octanol–water partition coefficient (Wildman–Crippen LogP) is 7.13. The van der Waals surface area contributed by atoms with Gasteiger partial charge in [0.15, 0.2) is 16.1 Å². The van der Waals surface area contributed by atoms with Crippen molar-refractivity contribution < 1.29 is 0 Å². The Hall–Kier alpha value is -5.55. The molecule has 0 aromatic heterocycles. The van der Waals surface area contributed by atoms with Crippen LogP contribution in [0.1, 0.15) is 11.1 Å². The van der Waals surface area contributed by atoms with E-state index in [1.54, 1.807) is 0 Å². The molecule has 0 N–H and O–H groups in total. The van der Waals surface area contributed by atoms with Crippen LogP contribution >= 0.6 is 0 Å². The minimum Gasteiger partial charge on any atom is -0.0812 e. The summed E-state index contributed by atoms with van der Waals surface area (Å²) in [4.78, 5) is 0. The Kier molecular flexibility index (Phi) is 9.37. The molecule has 0 aliphatic heterocycles. The fraction of sp³-hybridized carbons (Fsp3) is 0. The van der Waals surface area contributed by atoms with Crippen LogP contribution < -0.4 is 31.1 Å². The average molecular weight is 647 g/mol. The summed E-state index contributed by atoms with van der Waals surface area (Å²) in [5, 5.41) is 8.26. The van der Waals surface area contributed by atoms with Crippen LogP contribution in [0.5, 0.6) is 0 Å². The van der Waals surface area contributed by atoms with Crippen molar-refractivity contribution in [3.63, 3.8) is 0 Å². The van der Waals surface area contributed by atoms with E-state index in [2.05, 4.69) is 230 Å². The van der Waals surface area contributed by atoms with Crippen LogP contribution in [-0.2, 0) is 0 Å². The summed E-state index contributed by atoms with van der Waals surface area (Å²) in [6, 6.07) is 75.3. The van der Waals surface area contributed by atoms with Gasteiger partial charge in [0.1, 0.15) is 0 Å². The highest BCUT2D eigenvalue weighted by atomic mass is 28.3. The zero-order valence-electron chi connectivity index (χ0n) is 26.9. The summed E-state index contributed by atoms with van der Waals surface area (Å²) in [6.07, 6.45) is 4.67. The van der Waals surface area contributed by atoms with Crippen molar-refractivity contribution in [2.45, 2.75) is 0 Å². The van der Waals surface area contributed by atoms with Gasteiger partial charge in [0.25, 0.3) is 0 Å². The van der Waals surface area contributed by atoms with Gasteiger partial charge in [-0.15, -0.1) is 0 Å². The molecule has 230 valence electrons. The minimum absolute atomic E-state index is 1.20. The fourth-order valence-electron chi connectivity index (χ4n) is 6.94. The SMILES string of the molecule is C(=C\[Si](c1ccccc1)(c1ccccc1)c1ccccc1)/c1ccc(/C=C/[Si](c2ccccc2)(c2ccccc2)c2ccccc2)cc1. The van der Waals surface area contributed by atoms with Crippen LogP contribution in [-0.4, -0.2) is 16.1 Å². The highest BCUT2D eigenvalue weighted by Gasteiger charge is 2.37. The van der Waals surface area contributed by atoms with Crippen LogP contribution in [0.3, 0.4) is 0 Å². The lowest BCUT2D eigenvalue weighted by molar-refractivity contribution is 1.62. The highest BCUT2D eigenvalue weighted by Crippen LogP contribution is 2.16. The van der Waals surface area contributed by atoms with E-state index in [0.29, 0.717) is 0 Å². The van der Waals surface area contributed by atoms with E-state index in [9.17, 15) is 0 Å². The standard InChI is InChI=1S/C46H38Si2/c1-7-19-41(20-8-1)47(42-21-9-2-10-22-42,43-23-11-3-12-24-43)37-35-39-31-33-40(34-32-39)36-38-48(44-25-13-4-14-26-44,45-27-15-5-16-28-45)46-29-17-6-18-30-46/h1-38H/b37-35+,38-36+. The normalized spacial score (nSPS) is 12.0. The molecule has 2 heteroatoms. The first-order valence-corrected chi connectivity index (χ1v) is 20.8. The van der Waals surface area contributed by atoms with Gasteiger partial charge in [-0.25, -0.2) is 0 Å². The summed E-state index contributed by atoms with van der Waals surface area (Å²) in [5.41, 5.74) is 7.42. The molecule has 0 unspecified atom stereocenters. The highest BCUT2D eigenvalue weighted by molar-refractivity contribution is 7.15. The third-order valence-corrected chi connectivity index (χ3v) is 18.2. The van der Waals surface area contributed by atoms with Gasteiger partial charge in [0, 0.05) is 0 Å². The zero-order valence-corrected chi connectivity index (χ0v) is 28.9. The Morgan fingerprint density at radius 2 is 0.417 bits per heavy atom. The lowest BCUT2D eigenvalue weighted by atomic mass is 10.1. The summed E-state index contributed by atoms with van der Waals surface area (Å²) in [5.74, 6) is 0. The number of hydrogen-bond acceptors (Lipinski definition) is 0. The second kappa shape index (κ2) is 14.5. The Balaban J connectivity index is 1.29. The van der Waals surface area contributed by atoms with Crippen LogP contribution in [0, 0.1) is 0 Å². The summed E-state index contributed by atoms with van der Waals surface area (Å²) >= 11 is 0. The molecule has 7 aromatic carbocycles. The molecule has 0 saturated carbocycles. The maximum atomic E-state index is 2.51. The second-order valence-electron chi connectivity index (χ2n) is 12.1. The molecule has 0 heterocycles. The summed E-state index contributed by atoms with van der Waals surface area (Å²) in [7, 11) is -4.92. The first-order chi connectivity index (χ1) is 23.8. The Bertz CT molecular complexity index is 1720. The van der Waals surface area contributed by atoms with Crippen molar-refractivity contribution in [2.24, 2.45) is 0 Å². The molecule has 7 rings (SSSR count). The number of hydrogen-bond donors (Lipinski definition) is 0. The molecule has 0 amide bonds. The number of benzene rings is 7. The topological polar surface area (TPSA) is 0 Å². The molecule has 0 aliphatic rings. The van der Waals surface area contributed by atoms with Crippen LogP contribution in [0.2, 0.25) is 0 Å². The zero-order chi connectivity index (χ0) is 32.5. The number of rotatable bonds is 10. The lowest BCUT2D eigenvalue weighted by Crippen LogP contribution is -2.66. The summed E-state index contributed by atoms with van der Waals surface area (Å²) < 4.78 is 0. The van der Waals surface area contributed by atoms with Crippen LogP contribution in [0.15, 0.2) is 218 Å². The Morgan fingerprint density at radius 3 is 0.604 bits per heavy atom. The molecule has 0 spiro atoms. The maximum absolute atomic E-state index is 2.51. The van der Waals surface area contributed by atoms with E-state index >= 15 is 0 Å². The van der Waals surface area contributed by atoms with E-state index in [1.165, 1.54) is 42.2 Å². The van der Waals surface area contributed by atoms with Gasteiger partial charge in [-0.05, 0) is 42.2 Å². The van der Waals surface area contributed by atoms with Gasteiger partial charge in [0.2, 0.25) is 0 Å². The average Bonchev–Trinajstić information content (AvgIpc) is 3.18. The maximum Gasteiger partial charge on any atom is 0.172 e. The van der Waals surface area contributed by atoms with Gasteiger partial charge in [-0.2, -0.15) is 0 Å². The van der Waals surface area contributed by atoms with Gasteiger partial charge in [0.05, 0.1) is 0 Å². The lowest BCUT2D eigenvalue weighted by Gasteiger charge is -2.31. The van der Waals surface area contributed by atoms with Crippen LogP contribution in [0.25, 0.3) is 12.2 Å². The first-order valence-electron chi connectivity index (χ1n) is 16.6. The Morgan fingerprint density at radius 1 is 0.229 bits per heavy atom. The molecule has 7 aromatic rings. The van der Waals surface area contributed by atoms with Crippen molar-refractivity contribution in [2.75, 3.05) is 0 Å². The van der Waals surface area contributed by atoms with Gasteiger partial charge < -0.3 is 0 Å². The van der Waals surface area contributed by atoms with E-state index in [-0.39, 0.29) is 0 Å². The molecular formula is C46H38Si2. The largest absolute Gasteiger partial charge is 0.172 e. The van der Waals surface area contributed by atoms with Crippen molar-refractivity contribution in [1.29, 1.82) is 0 Å². The van der Waals surface area contributed by atoms with Crippen molar-refractivity contribution in [3.8, 4) is 0 Å². The van der Waals surface area contributed by atoms with Gasteiger partial charge in [-0.3, -0.25) is 0 Å². The van der Waals surface area contributed by atoms with Crippen molar-refractivity contribution in [1.82, 2.24) is 0 Å². The second-order valence-corrected chi connectivity index (χ2v) is 19.5. The first kappa shape index (κ1) is 31.1. The quantitative estimate of drug-likeness (QED) is 0.110. The van der Waals surface area contributed by atoms with Gasteiger partial charge in [-0.1, -0.05) is 230 Å². The summed E-state index contributed by atoms with van der Waals surface area (Å²) in [6.45, 7) is 0. The van der Waals surface area contributed by atoms with E-state index < -0.39 is 16.1 Å². The van der Waals surface area contributed by atoms with E-state index in [0.717, 1.165) is 0 Å². The molecule has 0 radical (unpaired) electrons. The van der Waals surface area contributed by atoms with E-state index in [1.807, 2.05) is 0 Å². The predicted molar refractivity (Wildman–Crippen MR) is 212 cm³/mol.